The Morgan fingerprint density at radius 2 is 2.11 bits per heavy atom. The Kier molecular flexibility index (Phi) is 3.63. The minimum Gasteiger partial charge on any atom is -0.326 e. The number of benzene rings is 1. The van der Waals surface area contributed by atoms with Gasteiger partial charge in [0.25, 0.3) is 5.95 Å². The largest absolute Gasteiger partial charge is 0.326 e. The van der Waals surface area contributed by atoms with Crippen LogP contribution in [-0.4, -0.2) is 26.1 Å². The molecule has 0 saturated heterocycles. The van der Waals surface area contributed by atoms with Crippen LogP contribution >= 0.6 is 0 Å². The van der Waals surface area contributed by atoms with Crippen LogP contribution in [0.25, 0.3) is 0 Å². The molecule has 0 atom stereocenters. The maximum absolute atomic E-state index is 11.8. The SMILES string of the molecule is Cn1nnc(NC(=O)Cc2ccccc2CN)n1. The van der Waals surface area contributed by atoms with Crippen molar-refractivity contribution in [2.75, 3.05) is 5.32 Å². The van der Waals surface area contributed by atoms with Crippen LogP contribution < -0.4 is 11.1 Å². The van der Waals surface area contributed by atoms with Crippen LogP contribution in [-0.2, 0) is 24.8 Å². The fourth-order valence-corrected chi connectivity index (χ4v) is 1.61. The number of hydrogen-bond acceptors (Lipinski definition) is 5. The average Bonchev–Trinajstić information content (AvgIpc) is 2.75. The molecule has 1 amide bonds. The van der Waals surface area contributed by atoms with Crippen molar-refractivity contribution in [1.82, 2.24) is 20.2 Å². The van der Waals surface area contributed by atoms with Gasteiger partial charge in [0.1, 0.15) is 0 Å². The molecular weight excluding hydrogens is 232 g/mol. The molecule has 2 rings (SSSR count). The molecular formula is C11H14N6O. The first-order chi connectivity index (χ1) is 8.69. The van der Waals surface area contributed by atoms with E-state index in [1.165, 1.54) is 4.80 Å². The van der Waals surface area contributed by atoms with Gasteiger partial charge in [-0.15, -0.1) is 5.10 Å². The van der Waals surface area contributed by atoms with Gasteiger partial charge in [-0.2, -0.15) is 4.80 Å². The van der Waals surface area contributed by atoms with Gasteiger partial charge in [0.2, 0.25) is 5.91 Å². The molecule has 94 valence electrons. The van der Waals surface area contributed by atoms with E-state index in [9.17, 15) is 4.79 Å². The zero-order valence-corrected chi connectivity index (χ0v) is 10.00. The fourth-order valence-electron chi connectivity index (χ4n) is 1.61. The number of carbonyl (C=O) groups excluding carboxylic acids is 1. The Morgan fingerprint density at radius 3 is 2.72 bits per heavy atom. The van der Waals surface area contributed by atoms with Crippen LogP contribution in [0.4, 0.5) is 5.95 Å². The Balaban J connectivity index is 2.03. The number of nitrogens with two attached hydrogens (primary N) is 1. The second kappa shape index (κ2) is 5.37. The first-order valence-corrected chi connectivity index (χ1v) is 5.49. The van der Waals surface area contributed by atoms with Gasteiger partial charge in [-0.3, -0.25) is 10.1 Å². The summed E-state index contributed by atoms with van der Waals surface area (Å²) in [5.41, 5.74) is 7.47. The predicted octanol–water partition coefficient (Wildman–Crippen LogP) is -0.150. The molecule has 0 radical (unpaired) electrons. The van der Waals surface area contributed by atoms with Crippen LogP contribution in [0, 0.1) is 0 Å². The van der Waals surface area contributed by atoms with Crippen LogP contribution in [0.15, 0.2) is 24.3 Å². The summed E-state index contributed by atoms with van der Waals surface area (Å²) in [5.74, 6) is 0.0108. The highest BCUT2D eigenvalue weighted by molar-refractivity contribution is 5.90. The lowest BCUT2D eigenvalue weighted by atomic mass is 10.0. The van der Waals surface area contributed by atoms with Crippen LogP contribution in [0.2, 0.25) is 0 Å². The van der Waals surface area contributed by atoms with E-state index in [2.05, 4.69) is 20.7 Å². The van der Waals surface area contributed by atoms with E-state index in [1.54, 1.807) is 7.05 Å². The molecule has 1 heterocycles. The molecule has 0 unspecified atom stereocenters. The third kappa shape index (κ3) is 2.89. The molecule has 1 aromatic carbocycles. The lowest BCUT2D eigenvalue weighted by Gasteiger charge is -2.06. The smallest absolute Gasteiger partial charge is 0.270 e. The van der Waals surface area contributed by atoms with Crippen molar-refractivity contribution in [2.24, 2.45) is 12.8 Å². The van der Waals surface area contributed by atoms with E-state index in [0.717, 1.165) is 11.1 Å². The molecule has 7 nitrogen and oxygen atoms in total. The summed E-state index contributed by atoms with van der Waals surface area (Å²) in [4.78, 5) is 13.1. The summed E-state index contributed by atoms with van der Waals surface area (Å²) in [6.45, 7) is 0.410. The minimum atomic E-state index is -0.191. The van der Waals surface area contributed by atoms with Crippen molar-refractivity contribution in [3.05, 3.63) is 35.4 Å². The van der Waals surface area contributed by atoms with Gasteiger partial charge in [0.15, 0.2) is 0 Å². The Hall–Kier alpha value is -2.28. The molecule has 7 heteroatoms. The first kappa shape index (κ1) is 12.2. The van der Waals surface area contributed by atoms with Gasteiger partial charge in [-0.25, -0.2) is 0 Å². The highest BCUT2D eigenvalue weighted by Crippen LogP contribution is 2.09. The lowest BCUT2D eigenvalue weighted by Crippen LogP contribution is -2.17. The van der Waals surface area contributed by atoms with Gasteiger partial charge in [-0.05, 0) is 16.3 Å². The number of aromatic nitrogens is 4. The number of aryl methyl sites for hydroxylation is 1. The summed E-state index contributed by atoms with van der Waals surface area (Å²) in [5, 5.41) is 13.8. The van der Waals surface area contributed by atoms with E-state index < -0.39 is 0 Å². The summed E-state index contributed by atoms with van der Waals surface area (Å²) >= 11 is 0. The van der Waals surface area contributed by atoms with Gasteiger partial charge in [0.05, 0.1) is 13.5 Å². The normalized spacial score (nSPS) is 10.3. The monoisotopic (exact) mass is 246 g/mol. The number of nitrogens with one attached hydrogen (secondary N) is 1. The molecule has 1 aromatic heterocycles. The van der Waals surface area contributed by atoms with E-state index in [0.29, 0.717) is 6.54 Å². The van der Waals surface area contributed by atoms with Crippen LogP contribution in [0.1, 0.15) is 11.1 Å². The van der Waals surface area contributed by atoms with E-state index in [4.69, 9.17) is 5.73 Å². The quantitative estimate of drug-likeness (QED) is 0.781. The summed E-state index contributed by atoms with van der Waals surface area (Å²) in [6.07, 6.45) is 0.242. The van der Waals surface area contributed by atoms with Crippen LogP contribution in [0.5, 0.6) is 0 Å². The molecule has 0 aliphatic heterocycles. The summed E-state index contributed by atoms with van der Waals surface area (Å²) in [6, 6.07) is 7.56. The predicted molar refractivity (Wildman–Crippen MR) is 65.5 cm³/mol. The van der Waals surface area contributed by atoms with E-state index in [-0.39, 0.29) is 18.3 Å². The van der Waals surface area contributed by atoms with E-state index >= 15 is 0 Å². The van der Waals surface area contributed by atoms with E-state index in [1.807, 2.05) is 24.3 Å². The van der Waals surface area contributed by atoms with Crippen molar-refractivity contribution in [2.45, 2.75) is 13.0 Å². The van der Waals surface area contributed by atoms with Crippen molar-refractivity contribution in [3.63, 3.8) is 0 Å². The second-order valence-electron chi connectivity index (χ2n) is 3.80. The summed E-state index contributed by atoms with van der Waals surface area (Å²) in [7, 11) is 1.63. The van der Waals surface area contributed by atoms with Crippen molar-refractivity contribution >= 4 is 11.9 Å². The zero-order chi connectivity index (χ0) is 13.0. The number of anilines is 1. The molecule has 0 spiro atoms. The first-order valence-electron chi connectivity index (χ1n) is 5.49. The maximum atomic E-state index is 11.8. The van der Waals surface area contributed by atoms with Gasteiger partial charge in [-0.1, -0.05) is 29.4 Å². The van der Waals surface area contributed by atoms with Gasteiger partial charge >= 0.3 is 0 Å². The Bertz CT molecular complexity index is 550. The van der Waals surface area contributed by atoms with Crippen molar-refractivity contribution in [3.8, 4) is 0 Å². The van der Waals surface area contributed by atoms with Gasteiger partial charge < -0.3 is 5.73 Å². The number of tetrazole rings is 1. The molecule has 3 N–H and O–H groups in total. The molecule has 0 aliphatic carbocycles. The van der Waals surface area contributed by atoms with Crippen molar-refractivity contribution in [1.29, 1.82) is 0 Å². The molecule has 0 saturated carbocycles. The second-order valence-corrected chi connectivity index (χ2v) is 3.80. The molecule has 2 aromatic rings. The topological polar surface area (TPSA) is 98.7 Å². The fraction of sp³-hybridized carbons (Fsp3) is 0.273. The maximum Gasteiger partial charge on any atom is 0.270 e. The molecule has 0 fully saturated rings. The number of rotatable bonds is 4. The third-order valence-electron chi connectivity index (χ3n) is 2.45. The Labute approximate surface area is 104 Å². The molecule has 18 heavy (non-hydrogen) atoms. The number of amides is 1. The number of carbonyl (C=O) groups is 1. The minimum absolute atomic E-state index is 0.191. The lowest BCUT2D eigenvalue weighted by molar-refractivity contribution is -0.115. The molecule has 0 bridgehead atoms. The average molecular weight is 246 g/mol. The Morgan fingerprint density at radius 1 is 1.39 bits per heavy atom. The zero-order valence-electron chi connectivity index (χ0n) is 10.00. The van der Waals surface area contributed by atoms with Crippen LogP contribution in [0.3, 0.4) is 0 Å². The number of hydrogen-bond donors (Lipinski definition) is 2. The standard InChI is InChI=1S/C11H14N6O/c1-17-15-11(14-16-17)13-10(18)6-8-4-2-3-5-9(8)7-12/h2-5H,6-7,12H2,1H3,(H,13,15,18). The third-order valence-corrected chi connectivity index (χ3v) is 2.45. The summed E-state index contributed by atoms with van der Waals surface area (Å²) < 4.78 is 0. The number of nitrogens with zero attached hydrogens (tertiary/aromatic N) is 4. The highest BCUT2D eigenvalue weighted by Gasteiger charge is 2.09. The highest BCUT2D eigenvalue weighted by atomic mass is 16.1. The van der Waals surface area contributed by atoms with Crippen molar-refractivity contribution < 1.29 is 4.79 Å². The molecule has 0 aliphatic rings. The van der Waals surface area contributed by atoms with Gasteiger partial charge in [0, 0.05) is 6.54 Å².